The van der Waals surface area contributed by atoms with E-state index in [1.165, 1.54) is 6.54 Å². The third-order valence-electron chi connectivity index (χ3n) is 0.652. The van der Waals surface area contributed by atoms with E-state index in [0.717, 1.165) is 6.08 Å². The van der Waals surface area contributed by atoms with Crippen LogP contribution < -0.4 is 5.32 Å². The Hall–Kier alpha value is -0.830. The highest BCUT2D eigenvalue weighted by Crippen LogP contribution is 1.80. The van der Waals surface area contributed by atoms with E-state index in [0.29, 0.717) is 0 Å². The molecule has 2 N–H and O–H groups in total. The number of carbonyl (C=O) groups excluding carboxylic acids is 1. The Morgan fingerprint density at radius 1 is 1.89 bits per heavy atom. The molecule has 9 heavy (non-hydrogen) atoms. The highest BCUT2D eigenvalue weighted by molar-refractivity contribution is 5.87. The lowest BCUT2D eigenvalue weighted by Gasteiger charge is -2.01. The zero-order chi connectivity index (χ0) is 7.28. The van der Waals surface area contributed by atoms with Gasteiger partial charge in [-0.2, -0.15) is 0 Å². The fraction of sp³-hybridized carbons (Fsp3) is 0.333. The molecule has 0 fully saturated rings. The maximum atomic E-state index is 10.3. The van der Waals surface area contributed by atoms with Crippen LogP contribution >= 0.6 is 0 Å². The fourth-order valence-electron chi connectivity index (χ4n) is 0.262. The molecule has 0 saturated heterocycles. The van der Waals surface area contributed by atoms with Crippen molar-refractivity contribution in [1.29, 1.82) is 0 Å². The Balaban J connectivity index is 3.27. The first-order valence-electron chi connectivity index (χ1n) is 2.61. The van der Waals surface area contributed by atoms with Gasteiger partial charge in [0.05, 0.1) is 12.6 Å². The lowest BCUT2D eigenvalue weighted by Crippen LogP contribution is -2.23. The smallest absolute Gasteiger partial charge is 0.243 e. The van der Waals surface area contributed by atoms with E-state index in [1.807, 2.05) is 0 Å². The molecule has 3 heteroatoms. The van der Waals surface area contributed by atoms with Gasteiger partial charge in [-0.1, -0.05) is 6.58 Å². The van der Waals surface area contributed by atoms with Gasteiger partial charge in [-0.15, -0.1) is 0 Å². The number of aliphatic hydroxyl groups excluding tert-OH is 1. The summed E-state index contributed by atoms with van der Waals surface area (Å²) in [5.74, 6) is -0.309. The highest BCUT2D eigenvalue weighted by Gasteiger charge is 1.96. The third-order valence-corrected chi connectivity index (χ3v) is 0.652. The van der Waals surface area contributed by atoms with Crippen molar-refractivity contribution in [2.24, 2.45) is 0 Å². The van der Waals surface area contributed by atoms with Crippen molar-refractivity contribution in [2.45, 2.75) is 13.0 Å². The molecular formula is C6H10NO2. The summed E-state index contributed by atoms with van der Waals surface area (Å²) in [7, 11) is 0. The predicted molar refractivity (Wildman–Crippen MR) is 34.3 cm³/mol. The lowest BCUT2D eigenvalue weighted by molar-refractivity contribution is -0.116. The summed E-state index contributed by atoms with van der Waals surface area (Å²) in [5, 5.41) is 10.9. The molecule has 1 unspecified atom stereocenters. The van der Waals surface area contributed by atoms with Crippen molar-refractivity contribution in [3.63, 3.8) is 0 Å². The molecule has 1 radical (unpaired) electrons. The lowest BCUT2D eigenvalue weighted by atomic mass is 10.4. The summed E-state index contributed by atoms with van der Waals surface area (Å²) in [6.45, 7) is 6.05. The summed E-state index contributed by atoms with van der Waals surface area (Å²) in [6, 6.07) is 0. The number of amides is 1. The minimum atomic E-state index is -0.617. The number of hydrogen-bond acceptors (Lipinski definition) is 2. The normalized spacial score (nSPS) is 12.2. The molecular weight excluding hydrogens is 118 g/mol. The number of nitrogens with one attached hydrogen (secondary N) is 1. The van der Waals surface area contributed by atoms with Crippen LogP contribution in [0.2, 0.25) is 0 Å². The molecule has 0 aliphatic heterocycles. The minimum Gasteiger partial charge on any atom is -0.391 e. The maximum absolute atomic E-state index is 10.3. The molecule has 0 spiro atoms. The van der Waals surface area contributed by atoms with Gasteiger partial charge in [-0.05, 0) is 13.0 Å². The summed E-state index contributed by atoms with van der Waals surface area (Å²) in [6.07, 6.45) is 0.521. The second-order valence-electron chi connectivity index (χ2n) is 1.62. The van der Waals surface area contributed by atoms with Gasteiger partial charge in [0.25, 0.3) is 0 Å². The topological polar surface area (TPSA) is 49.3 Å². The molecule has 0 aromatic rings. The van der Waals surface area contributed by atoms with Gasteiger partial charge in [0.2, 0.25) is 5.91 Å². The van der Waals surface area contributed by atoms with Gasteiger partial charge < -0.3 is 10.4 Å². The quantitative estimate of drug-likeness (QED) is 0.518. The molecule has 0 bridgehead atoms. The van der Waals surface area contributed by atoms with E-state index >= 15 is 0 Å². The Kier molecular flexibility index (Phi) is 3.71. The van der Waals surface area contributed by atoms with E-state index in [-0.39, 0.29) is 5.91 Å². The predicted octanol–water partition coefficient (Wildman–Crippen LogP) is -0.169. The number of hydrogen-bond donors (Lipinski definition) is 2. The monoisotopic (exact) mass is 128 g/mol. The second kappa shape index (κ2) is 4.09. The van der Waals surface area contributed by atoms with Crippen LogP contribution in [0.15, 0.2) is 12.7 Å². The van der Waals surface area contributed by atoms with Crippen LogP contribution in [0.25, 0.3) is 0 Å². The molecule has 0 aromatic heterocycles. The van der Waals surface area contributed by atoms with Crippen molar-refractivity contribution in [2.75, 3.05) is 0 Å². The fourth-order valence-corrected chi connectivity index (χ4v) is 0.262. The minimum absolute atomic E-state index is 0.309. The zero-order valence-corrected chi connectivity index (χ0v) is 5.29. The van der Waals surface area contributed by atoms with Crippen molar-refractivity contribution < 1.29 is 9.90 Å². The van der Waals surface area contributed by atoms with Crippen LogP contribution in [-0.4, -0.2) is 17.1 Å². The third kappa shape index (κ3) is 5.03. The van der Waals surface area contributed by atoms with Gasteiger partial charge in [0, 0.05) is 0 Å². The number of aliphatic hydroxyl groups is 1. The number of rotatable bonds is 3. The highest BCUT2D eigenvalue weighted by atomic mass is 16.3. The van der Waals surface area contributed by atoms with Crippen LogP contribution in [0, 0.1) is 6.54 Å². The summed E-state index contributed by atoms with van der Waals surface area (Å²) >= 11 is 0. The zero-order valence-electron chi connectivity index (χ0n) is 5.29. The van der Waals surface area contributed by atoms with Crippen molar-refractivity contribution >= 4 is 5.91 Å². The van der Waals surface area contributed by atoms with Crippen LogP contribution in [0.4, 0.5) is 0 Å². The molecule has 0 aliphatic rings. The summed E-state index contributed by atoms with van der Waals surface area (Å²) in [5.41, 5.74) is 0. The van der Waals surface area contributed by atoms with Crippen molar-refractivity contribution in [1.82, 2.24) is 5.32 Å². The molecule has 51 valence electrons. The van der Waals surface area contributed by atoms with Crippen LogP contribution in [-0.2, 0) is 4.79 Å². The molecule has 0 saturated carbocycles. The molecule has 0 heterocycles. The first kappa shape index (κ1) is 8.17. The van der Waals surface area contributed by atoms with Crippen molar-refractivity contribution in [3.8, 4) is 0 Å². The van der Waals surface area contributed by atoms with Crippen LogP contribution in [0.5, 0.6) is 0 Å². The van der Waals surface area contributed by atoms with Crippen molar-refractivity contribution in [3.05, 3.63) is 19.2 Å². The Labute approximate surface area is 54.4 Å². The second-order valence-corrected chi connectivity index (χ2v) is 1.62. The van der Waals surface area contributed by atoms with Crippen LogP contribution in [0.3, 0.4) is 0 Å². The van der Waals surface area contributed by atoms with E-state index < -0.39 is 6.10 Å². The molecule has 1 atom stereocenters. The molecule has 3 nitrogen and oxygen atoms in total. The van der Waals surface area contributed by atoms with Gasteiger partial charge in [-0.25, -0.2) is 0 Å². The Morgan fingerprint density at radius 2 is 2.44 bits per heavy atom. The summed E-state index contributed by atoms with van der Waals surface area (Å²) < 4.78 is 0. The first-order chi connectivity index (χ1) is 4.16. The van der Waals surface area contributed by atoms with Gasteiger partial charge in [0.15, 0.2) is 0 Å². The average molecular weight is 128 g/mol. The molecule has 0 aromatic carbocycles. The number of carbonyl (C=O) groups is 1. The average Bonchev–Trinajstić information content (AvgIpc) is 1.83. The van der Waals surface area contributed by atoms with E-state index in [9.17, 15) is 4.79 Å². The van der Waals surface area contributed by atoms with Gasteiger partial charge in [-0.3, -0.25) is 4.79 Å². The van der Waals surface area contributed by atoms with E-state index in [1.54, 1.807) is 6.92 Å². The Morgan fingerprint density at radius 3 is 2.78 bits per heavy atom. The van der Waals surface area contributed by atoms with E-state index in [2.05, 4.69) is 11.9 Å². The molecule has 0 aliphatic carbocycles. The van der Waals surface area contributed by atoms with E-state index in [4.69, 9.17) is 5.11 Å². The summed E-state index contributed by atoms with van der Waals surface area (Å²) in [4.78, 5) is 10.3. The molecule has 1 amide bonds. The van der Waals surface area contributed by atoms with Gasteiger partial charge >= 0.3 is 0 Å². The van der Waals surface area contributed by atoms with Gasteiger partial charge in [0.1, 0.15) is 0 Å². The maximum Gasteiger partial charge on any atom is 0.243 e. The standard InChI is InChI=1S/C6H10NO2/c1-3-6(9)7-4-5(2)8/h3-5,8H,1H2,2H3,(H,7,9). The Bertz CT molecular complexity index is 110. The SMILES string of the molecule is C=CC(=O)N[CH]C(C)O. The van der Waals surface area contributed by atoms with Crippen LogP contribution in [0.1, 0.15) is 6.92 Å². The largest absolute Gasteiger partial charge is 0.391 e. The first-order valence-corrected chi connectivity index (χ1v) is 2.61. The molecule has 0 rings (SSSR count).